The zero-order chi connectivity index (χ0) is 8.36. The van der Waals surface area contributed by atoms with Gasteiger partial charge in [-0.05, 0) is 20.8 Å². The summed E-state index contributed by atoms with van der Waals surface area (Å²) in [4.78, 5) is 19.3. The SMILES string of the molecule is CC(C)(C)OC(=O)[N+](=O)O. The zero-order valence-corrected chi connectivity index (χ0v) is 6.12. The van der Waals surface area contributed by atoms with Gasteiger partial charge in [-0.25, -0.2) is 5.21 Å². The van der Waals surface area contributed by atoms with E-state index >= 15 is 0 Å². The molecule has 0 rings (SSSR count). The second-order valence-electron chi connectivity index (χ2n) is 2.75. The summed E-state index contributed by atoms with van der Waals surface area (Å²) >= 11 is 0. The van der Waals surface area contributed by atoms with Gasteiger partial charge in [0.05, 0.1) is 4.91 Å². The Morgan fingerprint density at radius 2 is 1.90 bits per heavy atom. The molecule has 0 aliphatic carbocycles. The average Bonchev–Trinajstić information content (AvgIpc) is 1.60. The molecule has 0 radical (unpaired) electrons. The highest BCUT2D eigenvalue weighted by Crippen LogP contribution is 2.06. The summed E-state index contributed by atoms with van der Waals surface area (Å²) < 4.78 is 4.42. The van der Waals surface area contributed by atoms with E-state index in [9.17, 15) is 9.70 Å². The smallest absolute Gasteiger partial charge is 0.399 e. The highest BCUT2D eigenvalue weighted by atomic mass is 16.7. The molecule has 0 aliphatic rings. The fourth-order valence-corrected chi connectivity index (χ4v) is 0.301. The van der Waals surface area contributed by atoms with Crippen LogP contribution in [-0.4, -0.2) is 21.8 Å². The van der Waals surface area contributed by atoms with Crippen LogP contribution in [0.25, 0.3) is 0 Å². The van der Waals surface area contributed by atoms with Crippen molar-refractivity contribution in [2.45, 2.75) is 26.4 Å². The van der Waals surface area contributed by atoms with Gasteiger partial charge in [0.15, 0.2) is 0 Å². The Morgan fingerprint density at radius 1 is 1.50 bits per heavy atom. The first-order valence-corrected chi connectivity index (χ1v) is 2.72. The van der Waals surface area contributed by atoms with Gasteiger partial charge in [-0.15, -0.1) is 0 Å². The highest BCUT2D eigenvalue weighted by Gasteiger charge is 2.30. The van der Waals surface area contributed by atoms with Crippen molar-refractivity contribution in [3.8, 4) is 0 Å². The molecule has 0 saturated carbocycles. The van der Waals surface area contributed by atoms with E-state index in [2.05, 4.69) is 4.74 Å². The fourth-order valence-electron chi connectivity index (χ4n) is 0.301. The molecule has 0 bridgehead atoms. The molecule has 58 valence electrons. The Morgan fingerprint density at radius 3 is 2.00 bits per heavy atom. The topological polar surface area (TPSA) is 66.6 Å². The predicted octanol–water partition coefficient (Wildman–Crippen LogP) is 1.09. The standard InChI is InChI=1S/C5H10NO4/c1-5(2,3)10-4(7)6(8)9/h1-3H3,(H,8,9)/q+1. The van der Waals surface area contributed by atoms with Crippen LogP contribution in [-0.2, 0) is 4.74 Å². The molecule has 0 atom stereocenters. The van der Waals surface area contributed by atoms with E-state index in [1.165, 1.54) is 0 Å². The third-order valence-electron chi connectivity index (χ3n) is 0.550. The van der Waals surface area contributed by atoms with Gasteiger partial charge in [-0.1, -0.05) is 0 Å². The molecular weight excluding hydrogens is 138 g/mol. The van der Waals surface area contributed by atoms with Crippen LogP contribution in [0.3, 0.4) is 0 Å². The summed E-state index contributed by atoms with van der Waals surface area (Å²) in [5.41, 5.74) is -0.748. The molecule has 0 unspecified atom stereocenters. The number of carbonyl (C=O) groups excluding carboxylic acids is 1. The summed E-state index contributed by atoms with van der Waals surface area (Å²) in [5, 5.41) is 7.99. The van der Waals surface area contributed by atoms with E-state index in [1.807, 2.05) is 0 Å². The van der Waals surface area contributed by atoms with Crippen LogP contribution in [0.2, 0.25) is 0 Å². The molecule has 5 heteroatoms. The van der Waals surface area contributed by atoms with Crippen molar-refractivity contribution in [2.24, 2.45) is 0 Å². The Labute approximate surface area is 58.1 Å². The lowest BCUT2D eigenvalue weighted by Crippen LogP contribution is -2.27. The zero-order valence-electron chi connectivity index (χ0n) is 6.12. The largest absolute Gasteiger partial charge is 0.699 e. The van der Waals surface area contributed by atoms with Crippen LogP contribution in [0, 0.1) is 4.91 Å². The predicted molar refractivity (Wildman–Crippen MR) is 31.6 cm³/mol. The van der Waals surface area contributed by atoms with Gasteiger partial charge >= 0.3 is 11.0 Å². The molecule has 0 fully saturated rings. The molecule has 0 aromatic carbocycles. The van der Waals surface area contributed by atoms with E-state index in [1.54, 1.807) is 20.8 Å². The van der Waals surface area contributed by atoms with Crippen molar-refractivity contribution in [1.29, 1.82) is 0 Å². The molecule has 10 heavy (non-hydrogen) atoms. The van der Waals surface area contributed by atoms with E-state index in [0.717, 1.165) is 0 Å². The van der Waals surface area contributed by atoms with Gasteiger partial charge in [-0.3, -0.25) is 0 Å². The third kappa shape index (κ3) is 3.82. The quantitative estimate of drug-likeness (QED) is 0.412. The summed E-state index contributed by atoms with van der Waals surface area (Å²) in [6.07, 6.45) is -1.30. The number of hydrogen-bond acceptors (Lipinski definition) is 3. The molecule has 0 aromatic rings. The van der Waals surface area contributed by atoms with Crippen LogP contribution in [0.15, 0.2) is 0 Å². The minimum atomic E-state index is -1.30. The Hall–Kier alpha value is -1.13. The maximum Gasteiger partial charge on any atom is 0.699 e. The molecule has 0 aliphatic heterocycles. The summed E-state index contributed by atoms with van der Waals surface area (Å²) in [6, 6.07) is 0. The summed E-state index contributed by atoms with van der Waals surface area (Å²) in [5.74, 6) is 0. The molecule has 0 saturated heterocycles. The van der Waals surface area contributed by atoms with Gasteiger partial charge in [0.2, 0.25) is 0 Å². The van der Waals surface area contributed by atoms with Gasteiger partial charge in [0.25, 0.3) is 0 Å². The van der Waals surface area contributed by atoms with E-state index < -0.39 is 16.6 Å². The van der Waals surface area contributed by atoms with Crippen LogP contribution >= 0.6 is 0 Å². The average molecular weight is 148 g/mol. The van der Waals surface area contributed by atoms with Gasteiger partial charge < -0.3 is 4.74 Å². The van der Waals surface area contributed by atoms with E-state index in [0.29, 0.717) is 0 Å². The van der Waals surface area contributed by atoms with Crippen molar-refractivity contribution < 1.29 is 19.7 Å². The molecule has 5 nitrogen and oxygen atoms in total. The number of carbonyl (C=O) groups is 1. The Bertz CT molecular complexity index is 158. The van der Waals surface area contributed by atoms with E-state index in [-0.39, 0.29) is 0 Å². The summed E-state index contributed by atoms with van der Waals surface area (Å²) in [6.45, 7) is 4.78. The van der Waals surface area contributed by atoms with Gasteiger partial charge in [-0.2, -0.15) is 4.79 Å². The molecule has 0 spiro atoms. The molecule has 0 aromatic heterocycles. The van der Waals surface area contributed by atoms with Crippen molar-refractivity contribution >= 4 is 6.09 Å². The normalized spacial score (nSPS) is 10.7. The van der Waals surface area contributed by atoms with Crippen LogP contribution < -0.4 is 0 Å². The minimum absolute atomic E-state index is 0.748. The first-order chi connectivity index (χ1) is 4.33. The molecule has 1 amide bonds. The van der Waals surface area contributed by atoms with Crippen molar-refractivity contribution in [3.05, 3.63) is 4.91 Å². The lowest BCUT2D eigenvalue weighted by molar-refractivity contribution is -0.725. The lowest BCUT2D eigenvalue weighted by atomic mass is 10.2. The van der Waals surface area contributed by atoms with Crippen LogP contribution in [0.1, 0.15) is 20.8 Å². The van der Waals surface area contributed by atoms with Crippen molar-refractivity contribution in [3.63, 3.8) is 0 Å². The first-order valence-electron chi connectivity index (χ1n) is 2.72. The van der Waals surface area contributed by atoms with Crippen molar-refractivity contribution in [2.75, 3.05) is 0 Å². The van der Waals surface area contributed by atoms with Gasteiger partial charge in [0.1, 0.15) is 5.60 Å². The van der Waals surface area contributed by atoms with Gasteiger partial charge in [0, 0.05) is 0 Å². The van der Waals surface area contributed by atoms with Crippen LogP contribution in [0.4, 0.5) is 4.79 Å². The molecular formula is C5H10NO4+. The number of ether oxygens (including phenoxy) is 1. The fraction of sp³-hybridized carbons (Fsp3) is 0.800. The first kappa shape index (κ1) is 8.87. The maximum atomic E-state index is 10.3. The van der Waals surface area contributed by atoms with E-state index in [4.69, 9.17) is 5.21 Å². The third-order valence-corrected chi connectivity index (χ3v) is 0.550. The van der Waals surface area contributed by atoms with Crippen LogP contribution in [0.5, 0.6) is 0 Å². The number of hydrogen-bond donors (Lipinski definition) is 1. The van der Waals surface area contributed by atoms with Crippen molar-refractivity contribution in [1.82, 2.24) is 0 Å². The lowest BCUT2D eigenvalue weighted by Gasteiger charge is -2.13. The Balaban J connectivity index is 3.93. The second-order valence-corrected chi connectivity index (χ2v) is 2.75. The minimum Gasteiger partial charge on any atom is -0.399 e. The number of rotatable bonds is 0. The number of nitrogens with zero attached hydrogens (tertiary/aromatic N) is 1. The molecule has 1 N–H and O–H groups in total. The second kappa shape index (κ2) is 2.64. The summed E-state index contributed by atoms with van der Waals surface area (Å²) in [7, 11) is 0. The highest BCUT2D eigenvalue weighted by molar-refractivity contribution is 5.56. The Kier molecular flexibility index (Phi) is 2.34. The monoisotopic (exact) mass is 148 g/mol. The maximum absolute atomic E-state index is 10.3. The number of amides is 1. The molecule has 0 heterocycles.